The van der Waals surface area contributed by atoms with E-state index in [4.69, 9.17) is 23.2 Å². The standard InChI is InChI=1S/C25H21Cl2N5O2S/c26-18-12-10-16(11-13-18)15-35-25-30-24(31-32-25)29-22(33)14-21(17-6-2-1-3-7-17)28-23(34)19-8-4-5-9-20(19)27/h1-13,21H,14-15H2,(H,28,34)(H2,29,30,31,32,33). The van der Waals surface area contributed by atoms with Crippen LogP contribution in [0.2, 0.25) is 10.0 Å². The van der Waals surface area contributed by atoms with Crippen molar-refractivity contribution in [1.82, 2.24) is 20.5 Å². The van der Waals surface area contributed by atoms with Gasteiger partial charge in [-0.3, -0.25) is 14.9 Å². The molecule has 2 amide bonds. The number of thioether (sulfide) groups is 1. The molecule has 0 spiro atoms. The van der Waals surface area contributed by atoms with Crippen LogP contribution in [-0.2, 0) is 10.5 Å². The molecule has 4 rings (SSSR count). The molecule has 1 heterocycles. The molecule has 0 aliphatic carbocycles. The number of nitrogens with one attached hydrogen (secondary N) is 3. The van der Waals surface area contributed by atoms with Crippen molar-refractivity contribution in [1.29, 1.82) is 0 Å². The molecule has 0 saturated carbocycles. The summed E-state index contributed by atoms with van der Waals surface area (Å²) in [4.78, 5) is 30.0. The molecular weight excluding hydrogens is 505 g/mol. The number of carbonyl (C=O) groups excluding carboxylic acids is 2. The number of amides is 2. The highest BCUT2D eigenvalue weighted by Crippen LogP contribution is 2.23. The van der Waals surface area contributed by atoms with E-state index in [0.717, 1.165) is 11.1 Å². The van der Waals surface area contributed by atoms with Crippen LogP contribution in [-0.4, -0.2) is 27.0 Å². The lowest BCUT2D eigenvalue weighted by Gasteiger charge is -2.19. The summed E-state index contributed by atoms with van der Waals surface area (Å²) in [5.41, 5.74) is 2.21. The molecule has 1 aromatic heterocycles. The number of halogens is 2. The van der Waals surface area contributed by atoms with Crippen molar-refractivity contribution >= 4 is 52.7 Å². The van der Waals surface area contributed by atoms with Gasteiger partial charge in [-0.15, -0.1) is 5.10 Å². The fraction of sp³-hybridized carbons (Fsp3) is 0.120. The predicted molar refractivity (Wildman–Crippen MR) is 139 cm³/mol. The second kappa shape index (κ2) is 11.9. The Labute approximate surface area is 216 Å². The fourth-order valence-electron chi connectivity index (χ4n) is 3.28. The Bertz CT molecular complexity index is 1300. The minimum Gasteiger partial charge on any atom is -0.345 e. The monoisotopic (exact) mass is 525 g/mol. The van der Waals surface area contributed by atoms with Gasteiger partial charge < -0.3 is 5.32 Å². The highest BCUT2D eigenvalue weighted by molar-refractivity contribution is 7.98. The second-order valence-electron chi connectivity index (χ2n) is 7.55. The van der Waals surface area contributed by atoms with Crippen LogP contribution >= 0.6 is 35.0 Å². The molecule has 0 radical (unpaired) electrons. The zero-order valence-electron chi connectivity index (χ0n) is 18.4. The van der Waals surface area contributed by atoms with Crippen LogP contribution in [0, 0.1) is 0 Å². The van der Waals surface area contributed by atoms with Gasteiger partial charge in [0.1, 0.15) is 0 Å². The molecule has 0 aliphatic heterocycles. The van der Waals surface area contributed by atoms with Gasteiger partial charge in [0.2, 0.25) is 17.0 Å². The SMILES string of the molecule is O=C(CC(NC(=O)c1ccccc1Cl)c1ccccc1)Nc1nc(SCc2ccc(Cl)cc2)n[nH]1. The molecule has 3 N–H and O–H groups in total. The molecule has 0 fully saturated rings. The van der Waals surface area contributed by atoms with Gasteiger partial charge in [-0.2, -0.15) is 4.98 Å². The normalized spacial score (nSPS) is 11.6. The van der Waals surface area contributed by atoms with Gasteiger partial charge in [-0.25, -0.2) is 5.10 Å². The molecule has 178 valence electrons. The van der Waals surface area contributed by atoms with Gasteiger partial charge in [0.25, 0.3) is 5.91 Å². The number of H-pyrrole nitrogens is 1. The van der Waals surface area contributed by atoms with Gasteiger partial charge in [0.05, 0.1) is 23.0 Å². The van der Waals surface area contributed by atoms with Crippen molar-refractivity contribution in [2.45, 2.75) is 23.4 Å². The first-order chi connectivity index (χ1) is 17.0. The minimum atomic E-state index is -0.568. The van der Waals surface area contributed by atoms with Crippen LogP contribution in [0.15, 0.2) is 84.0 Å². The van der Waals surface area contributed by atoms with Crippen LogP contribution in [0.1, 0.15) is 33.9 Å². The van der Waals surface area contributed by atoms with E-state index in [0.29, 0.717) is 26.5 Å². The predicted octanol–water partition coefficient (Wildman–Crippen LogP) is 5.90. The maximum atomic E-state index is 12.8. The average Bonchev–Trinajstić information content (AvgIpc) is 3.31. The molecule has 3 aromatic carbocycles. The summed E-state index contributed by atoms with van der Waals surface area (Å²) in [6, 6.07) is 23.0. The third kappa shape index (κ3) is 7.08. The molecule has 4 aromatic rings. The Morgan fingerprint density at radius 3 is 2.40 bits per heavy atom. The van der Waals surface area contributed by atoms with E-state index in [1.54, 1.807) is 24.3 Å². The Morgan fingerprint density at radius 2 is 1.66 bits per heavy atom. The molecule has 35 heavy (non-hydrogen) atoms. The number of carbonyl (C=O) groups is 2. The number of nitrogens with zero attached hydrogens (tertiary/aromatic N) is 2. The van der Waals surface area contributed by atoms with Crippen LogP contribution in [0.3, 0.4) is 0 Å². The summed E-state index contributed by atoms with van der Waals surface area (Å²) in [6.45, 7) is 0. The van der Waals surface area contributed by atoms with Gasteiger partial charge in [0.15, 0.2) is 0 Å². The van der Waals surface area contributed by atoms with E-state index in [-0.39, 0.29) is 24.2 Å². The van der Waals surface area contributed by atoms with Crippen LogP contribution < -0.4 is 10.6 Å². The van der Waals surface area contributed by atoms with Crippen molar-refractivity contribution < 1.29 is 9.59 Å². The third-order valence-electron chi connectivity index (χ3n) is 5.02. The Hall–Kier alpha value is -3.33. The van der Waals surface area contributed by atoms with E-state index in [2.05, 4.69) is 25.8 Å². The smallest absolute Gasteiger partial charge is 0.253 e. The average molecular weight is 526 g/mol. The molecule has 10 heteroatoms. The first kappa shape index (κ1) is 24.8. The molecular formula is C25H21Cl2N5O2S. The van der Waals surface area contributed by atoms with Gasteiger partial charge in [-0.05, 0) is 35.4 Å². The van der Waals surface area contributed by atoms with E-state index >= 15 is 0 Å². The molecule has 1 atom stereocenters. The number of aromatic nitrogens is 3. The summed E-state index contributed by atoms with van der Waals surface area (Å²) in [7, 11) is 0. The number of aromatic amines is 1. The first-order valence-corrected chi connectivity index (χ1v) is 12.4. The molecule has 0 bridgehead atoms. The van der Waals surface area contributed by atoms with Crippen LogP contribution in [0.25, 0.3) is 0 Å². The van der Waals surface area contributed by atoms with E-state index in [9.17, 15) is 9.59 Å². The van der Waals surface area contributed by atoms with Crippen molar-refractivity contribution in [2.75, 3.05) is 5.32 Å². The number of hydrogen-bond acceptors (Lipinski definition) is 5. The molecule has 0 aliphatic rings. The lowest BCUT2D eigenvalue weighted by Crippen LogP contribution is -2.31. The van der Waals surface area contributed by atoms with Crippen molar-refractivity contribution in [3.8, 4) is 0 Å². The topological polar surface area (TPSA) is 99.8 Å². The van der Waals surface area contributed by atoms with E-state index in [1.165, 1.54) is 11.8 Å². The Kier molecular flexibility index (Phi) is 8.41. The summed E-state index contributed by atoms with van der Waals surface area (Å²) in [5, 5.41) is 14.0. The van der Waals surface area contributed by atoms with Crippen LogP contribution in [0.4, 0.5) is 5.95 Å². The maximum absolute atomic E-state index is 12.8. The lowest BCUT2D eigenvalue weighted by atomic mass is 10.0. The lowest BCUT2D eigenvalue weighted by molar-refractivity contribution is -0.116. The summed E-state index contributed by atoms with van der Waals surface area (Å²) >= 11 is 13.5. The Morgan fingerprint density at radius 1 is 0.943 bits per heavy atom. The number of anilines is 1. The maximum Gasteiger partial charge on any atom is 0.253 e. The van der Waals surface area contributed by atoms with Crippen molar-refractivity contribution in [3.63, 3.8) is 0 Å². The number of rotatable bonds is 9. The zero-order valence-corrected chi connectivity index (χ0v) is 20.7. The quantitative estimate of drug-likeness (QED) is 0.236. The summed E-state index contributed by atoms with van der Waals surface area (Å²) in [5.74, 6) is 0.200. The van der Waals surface area contributed by atoms with E-state index in [1.807, 2.05) is 54.6 Å². The largest absolute Gasteiger partial charge is 0.345 e. The third-order valence-corrected chi connectivity index (χ3v) is 6.52. The zero-order chi connectivity index (χ0) is 24.6. The summed E-state index contributed by atoms with van der Waals surface area (Å²) in [6.07, 6.45) is -0.00580. The van der Waals surface area contributed by atoms with Crippen LogP contribution in [0.5, 0.6) is 0 Å². The number of hydrogen-bond donors (Lipinski definition) is 3. The first-order valence-electron chi connectivity index (χ1n) is 10.7. The summed E-state index contributed by atoms with van der Waals surface area (Å²) < 4.78 is 0. The van der Waals surface area contributed by atoms with Gasteiger partial charge >= 0.3 is 0 Å². The number of benzene rings is 3. The Balaban J connectivity index is 1.38. The minimum absolute atomic E-state index is 0.00580. The van der Waals surface area contributed by atoms with Crippen molar-refractivity contribution in [2.24, 2.45) is 0 Å². The van der Waals surface area contributed by atoms with Crippen molar-refractivity contribution in [3.05, 3.63) is 106 Å². The molecule has 1 unspecified atom stereocenters. The molecule has 7 nitrogen and oxygen atoms in total. The van der Waals surface area contributed by atoms with E-state index < -0.39 is 6.04 Å². The highest BCUT2D eigenvalue weighted by Gasteiger charge is 2.21. The highest BCUT2D eigenvalue weighted by atomic mass is 35.5. The van der Waals surface area contributed by atoms with Gasteiger partial charge in [-0.1, -0.05) is 89.6 Å². The molecule has 0 saturated heterocycles. The van der Waals surface area contributed by atoms with Gasteiger partial charge in [0, 0.05) is 10.8 Å². The second-order valence-corrected chi connectivity index (χ2v) is 9.34. The fourth-order valence-corrected chi connectivity index (χ4v) is 4.38.